The molecular weight excluding hydrogens is 304 g/mol. The molecule has 4 rings (SSSR count). The number of aryl methyl sites for hydroxylation is 1. The summed E-state index contributed by atoms with van der Waals surface area (Å²) < 4.78 is 2.18. The second-order valence-electron chi connectivity index (χ2n) is 6.19. The number of benzene rings is 2. The van der Waals surface area contributed by atoms with Gasteiger partial charge in [0, 0.05) is 11.3 Å². The average molecular weight is 325 g/mol. The topological polar surface area (TPSA) is 26.5 Å². The van der Waals surface area contributed by atoms with Crippen molar-refractivity contribution in [3.63, 3.8) is 0 Å². The molecule has 4 heteroatoms. The van der Waals surface area contributed by atoms with E-state index in [4.69, 9.17) is 0 Å². The van der Waals surface area contributed by atoms with E-state index in [0.717, 1.165) is 24.3 Å². The van der Waals surface area contributed by atoms with Crippen molar-refractivity contribution in [3.8, 4) is 0 Å². The van der Waals surface area contributed by atoms with Crippen LogP contribution in [-0.4, -0.2) is 33.7 Å². The Hall–Kier alpha value is -1.78. The molecule has 0 saturated heterocycles. The van der Waals surface area contributed by atoms with Crippen molar-refractivity contribution in [3.05, 3.63) is 65.7 Å². The van der Waals surface area contributed by atoms with Crippen LogP contribution in [0.1, 0.15) is 17.5 Å². The van der Waals surface area contributed by atoms with Crippen LogP contribution in [0.25, 0.3) is 0 Å². The van der Waals surface area contributed by atoms with Gasteiger partial charge in [-0.1, -0.05) is 48.5 Å². The average Bonchev–Trinajstić information content (AvgIpc) is 2.91. The normalized spacial score (nSPS) is 24.0. The Kier molecular flexibility index (Phi) is 3.66. The van der Waals surface area contributed by atoms with E-state index in [-0.39, 0.29) is 0 Å². The summed E-state index contributed by atoms with van der Waals surface area (Å²) in [5, 5.41) is 12.7. The molecule has 2 aliphatic heterocycles. The number of rotatable bonds is 2. The lowest BCUT2D eigenvalue weighted by molar-refractivity contribution is -0.656. The molecule has 0 saturated carbocycles. The van der Waals surface area contributed by atoms with E-state index in [1.165, 1.54) is 16.4 Å². The van der Waals surface area contributed by atoms with Gasteiger partial charge in [-0.05, 0) is 36.7 Å². The van der Waals surface area contributed by atoms with E-state index < -0.39 is 5.72 Å². The van der Waals surface area contributed by atoms with E-state index in [2.05, 4.69) is 40.7 Å². The van der Waals surface area contributed by atoms with Crippen LogP contribution in [0.4, 0.5) is 5.69 Å². The van der Waals surface area contributed by atoms with E-state index in [0.29, 0.717) is 6.54 Å². The molecule has 2 aliphatic rings. The standard InChI is InChI=1S/C19H21N2OS/c1-15-8-5-6-11-17(15)20-14-19(22,16-9-3-2-4-10-16)21-12-7-13-23-18(20)21/h2-6,8-11,22H,7,12-14H2,1H3/q+1/t19-/m1/s1. The van der Waals surface area contributed by atoms with Gasteiger partial charge in [0.05, 0.1) is 6.54 Å². The molecule has 0 spiro atoms. The number of hydrogen-bond donors (Lipinski definition) is 1. The van der Waals surface area contributed by atoms with Gasteiger partial charge < -0.3 is 5.11 Å². The number of thioether (sulfide) groups is 1. The fourth-order valence-corrected chi connectivity index (χ4v) is 4.68. The molecule has 2 aromatic rings. The Morgan fingerprint density at radius 2 is 1.83 bits per heavy atom. The highest BCUT2D eigenvalue weighted by atomic mass is 32.2. The summed E-state index contributed by atoms with van der Waals surface area (Å²) in [5.41, 5.74) is 2.44. The maximum absolute atomic E-state index is 11.5. The number of nitrogens with zero attached hydrogens (tertiary/aromatic N) is 2. The van der Waals surface area contributed by atoms with E-state index >= 15 is 0 Å². The maximum Gasteiger partial charge on any atom is 0.316 e. The highest BCUT2D eigenvalue weighted by Gasteiger charge is 2.53. The maximum atomic E-state index is 11.5. The summed E-state index contributed by atoms with van der Waals surface area (Å²) in [5.74, 6) is 1.11. The first-order valence-corrected chi connectivity index (χ1v) is 9.07. The van der Waals surface area contributed by atoms with Crippen LogP contribution in [0.5, 0.6) is 0 Å². The molecule has 0 radical (unpaired) electrons. The monoisotopic (exact) mass is 325 g/mol. The predicted octanol–water partition coefficient (Wildman–Crippen LogP) is 3.17. The van der Waals surface area contributed by atoms with Crippen LogP contribution < -0.4 is 4.90 Å². The minimum absolute atomic E-state index is 0.574. The van der Waals surface area contributed by atoms with Crippen LogP contribution in [0.15, 0.2) is 54.6 Å². The lowest BCUT2D eigenvalue weighted by Crippen LogP contribution is -2.41. The van der Waals surface area contributed by atoms with Gasteiger partial charge in [0.15, 0.2) is 6.54 Å². The molecule has 0 amide bonds. The molecule has 3 nitrogen and oxygen atoms in total. The van der Waals surface area contributed by atoms with Gasteiger partial charge in [0.25, 0.3) is 5.72 Å². The Labute approximate surface area is 141 Å². The Bertz CT molecular complexity index is 759. The summed E-state index contributed by atoms with van der Waals surface area (Å²) in [6.45, 7) is 3.61. The predicted molar refractivity (Wildman–Crippen MR) is 96.1 cm³/mol. The summed E-state index contributed by atoms with van der Waals surface area (Å²) in [4.78, 5) is 2.28. The molecule has 0 aromatic heterocycles. The summed E-state index contributed by atoms with van der Waals surface area (Å²) >= 11 is 1.85. The first-order valence-electron chi connectivity index (χ1n) is 8.08. The van der Waals surface area contributed by atoms with E-state index in [1.54, 1.807) is 0 Å². The Balaban J connectivity index is 1.83. The van der Waals surface area contributed by atoms with Crippen molar-refractivity contribution in [2.45, 2.75) is 19.1 Å². The van der Waals surface area contributed by atoms with Crippen LogP contribution in [0.3, 0.4) is 0 Å². The van der Waals surface area contributed by atoms with Crippen molar-refractivity contribution in [1.82, 2.24) is 0 Å². The number of anilines is 1. The molecule has 2 heterocycles. The van der Waals surface area contributed by atoms with Crippen molar-refractivity contribution in [1.29, 1.82) is 0 Å². The number of aliphatic hydroxyl groups is 1. The fraction of sp³-hybridized carbons (Fsp3) is 0.316. The highest BCUT2D eigenvalue weighted by Crippen LogP contribution is 2.38. The molecule has 0 aliphatic carbocycles. The lowest BCUT2D eigenvalue weighted by Gasteiger charge is -2.24. The summed E-state index contributed by atoms with van der Waals surface area (Å²) in [6, 6.07) is 18.5. The zero-order chi connectivity index (χ0) is 15.9. The van der Waals surface area contributed by atoms with Gasteiger partial charge in [0.2, 0.25) is 0 Å². The van der Waals surface area contributed by atoms with Gasteiger partial charge >= 0.3 is 5.17 Å². The molecule has 118 valence electrons. The van der Waals surface area contributed by atoms with Crippen LogP contribution in [0, 0.1) is 6.92 Å². The van der Waals surface area contributed by atoms with Crippen molar-refractivity contribution >= 4 is 22.6 Å². The molecule has 0 unspecified atom stereocenters. The third kappa shape index (κ3) is 2.37. The summed E-state index contributed by atoms with van der Waals surface area (Å²) in [6.07, 6.45) is 1.10. The van der Waals surface area contributed by atoms with E-state index in [1.807, 2.05) is 42.1 Å². The molecule has 1 N–H and O–H groups in total. The molecule has 0 bridgehead atoms. The third-order valence-corrected chi connectivity index (χ3v) is 5.88. The van der Waals surface area contributed by atoms with Crippen molar-refractivity contribution < 1.29 is 9.68 Å². The molecular formula is C19H21N2OS+. The van der Waals surface area contributed by atoms with Crippen molar-refractivity contribution in [2.24, 2.45) is 0 Å². The minimum atomic E-state index is -0.952. The number of para-hydroxylation sites is 1. The second kappa shape index (κ2) is 5.69. The molecule has 2 aromatic carbocycles. The minimum Gasteiger partial charge on any atom is -0.346 e. The fourth-order valence-electron chi connectivity index (χ4n) is 3.51. The van der Waals surface area contributed by atoms with Crippen LogP contribution in [-0.2, 0) is 5.72 Å². The van der Waals surface area contributed by atoms with Crippen molar-refractivity contribution in [2.75, 3.05) is 23.7 Å². The zero-order valence-corrected chi connectivity index (χ0v) is 14.1. The van der Waals surface area contributed by atoms with Crippen LogP contribution >= 0.6 is 11.8 Å². The largest absolute Gasteiger partial charge is 0.346 e. The first kappa shape index (κ1) is 14.8. The Morgan fingerprint density at radius 1 is 1.09 bits per heavy atom. The van der Waals surface area contributed by atoms with Gasteiger partial charge in [-0.2, -0.15) is 0 Å². The van der Waals surface area contributed by atoms with Gasteiger partial charge in [-0.3, -0.25) is 0 Å². The smallest absolute Gasteiger partial charge is 0.316 e. The Morgan fingerprint density at radius 3 is 2.61 bits per heavy atom. The first-order chi connectivity index (χ1) is 11.2. The van der Waals surface area contributed by atoms with E-state index in [9.17, 15) is 5.11 Å². The zero-order valence-electron chi connectivity index (χ0n) is 13.3. The SMILES string of the molecule is Cc1ccccc1N1C[C@@](O)(c2ccccc2)[N+]2=C1SCCC2. The summed E-state index contributed by atoms with van der Waals surface area (Å²) in [7, 11) is 0. The second-order valence-corrected chi connectivity index (χ2v) is 7.25. The van der Waals surface area contributed by atoms with Gasteiger partial charge in [-0.25, -0.2) is 9.48 Å². The van der Waals surface area contributed by atoms with Gasteiger partial charge in [-0.15, -0.1) is 0 Å². The number of hydrogen-bond acceptors (Lipinski definition) is 3. The third-order valence-electron chi connectivity index (χ3n) is 4.69. The highest BCUT2D eigenvalue weighted by molar-refractivity contribution is 8.13. The molecule has 23 heavy (non-hydrogen) atoms. The van der Waals surface area contributed by atoms with Gasteiger partial charge in [0.1, 0.15) is 5.69 Å². The lowest BCUT2D eigenvalue weighted by atomic mass is 10.0. The number of β-amino-alcohol motifs (C(OH)–C–C–N with tert-alkyl or cyclic N) is 1. The molecule has 1 atom stereocenters. The molecule has 0 fully saturated rings. The quantitative estimate of drug-likeness (QED) is 0.859. The van der Waals surface area contributed by atoms with Crippen LogP contribution in [0.2, 0.25) is 0 Å². The number of amidine groups is 1.